The summed E-state index contributed by atoms with van der Waals surface area (Å²) in [4.78, 5) is 11.4. The molecule has 1 unspecified atom stereocenters. The SMILES string of the molecule is COCCCC(N)C(=O)OC(C)(C)C. The maximum Gasteiger partial charge on any atom is 0.323 e. The van der Waals surface area contributed by atoms with Crippen molar-refractivity contribution in [3.05, 3.63) is 0 Å². The quantitative estimate of drug-likeness (QED) is 0.536. The van der Waals surface area contributed by atoms with Crippen molar-refractivity contribution in [1.29, 1.82) is 0 Å². The van der Waals surface area contributed by atoms with E-state index in [0.29, 0.717) is 13.0 Å². The molecule has 2 N–H and O–H groups in total. The van der Waals surface area contributed by atoms with Gasteiger partial charge in [-0.25, -0.2) is 0 Å². The van der Waals surface area contributed by atoms with Crippen molar-refractivity contribution in [2.45, 2.75) is 45.3 Å². The fraction of sp³-hybridized carbons (Fsp3) is 0.900. The van der Waals surface area contributed by atoms with Gasteiger partial charge in [0.05, 0.1) is 0 Å². The Kier molecular flexibility index (Phi) is 5.72. The first-order chi connectivity index (χ1) is 6.37. The van der Waals surface area contributed by atoms with Crippen LogP contribution in [0.15, 0.2) is 0 Å². The number of hydrogen-bond donors (Lipinski definition) is 1. The Hall–Kier alpha value is -0.610. The highest BCUT2D eigenvalue weighted by molar-refractivity contribution is 5.75. The lowest BCUT2D eigenvalue weighted by molar-refractivity contribution is -0.156. The van der Waals surface area contributed by atoms with Gasteiger partial charge in [0.25, 0.3) is 0 Å². The zero-order chi connectivity index (χ0) is 11.2. The van der Waals surface area contributed by atoms with Crippen molar-refractivity contribution in [2.24, 2.45) is 5.73 Å². The van der Waals surface area contributed by atoms with Crippen LogP contribution in [0, 0.1) is 0 Å². The van der Waals surface area contributed by atoms with Crippen molar-refractivity contribution in [3.63, 3.8) is 0 Å². The fourth-order valence-corrected chi connectivity index (χ4v) is 0.943. The van der Waals surface area contributed by atoms with E-state index in [2.05, 4.69) is 0 Å². The number of esters is 1. The molecule has 0 aromatic carbocycles. The monoisotopic (exact) mass is 203 g/mol. The maximum absolute atomic E-state index is 11.4. The van der Waals surface area contributed by atoms with Crippen molar-refractivity contribution < 1.29 is 14.3 Å². The van der Waals surface area contributed by atoms with Gasteiger partial charge in [-0.15, -0.1) is 0 Å². The lowest BCUT2D eigenvalue weighted by Crippen LogP contribution is -2.37. The van der Waals surface area contributed by atoms with Crippen LogP contribution in [0.4, 0.5) is 0 Å². The molecule has 1 atom stereocenters. The van der Waals surface area contributed by atoms with Gasteiger partial charge in [-0.1, -0.05) is 0 Å². The van der Waals surface area contributed by atoms with Gasteiger partial charge in [0.15, 0.2) is 0 Å². The molecule has 0 rings (SSSR count). The molecule has 0 saturated carbocycles. The highest BCUT2D eigenvalue weighted by atomic mass is 16.6. The number of hydrogen-bond acceptors (Lipinski definition) is 4. The molecule has 0 heterocycles. The van der Waals surface area contributed by atoms with E-state index in [-0.39, 0.29) is 5.97 Å². The molecule has 0 aromatic rings. The fourth-order valence-electron chi connectivity index (χ4n) is 0.943. The first kappa shape index (κ1) is 13.4. The molecule has 4 heteroatoms. The van der Waals surface area contributed by atoms with E-state index in [1.54, 1.807) is 7.11 Å². The highest BCUT2D eigenvalue weighted by Crippen LogP contribution is 2.09. The normalized spacial score (nSPS) is 13.8. The number of nitrogens with two attached hydrogens (primary N) is 1. The average Bonchev–Trinajstić information content (AvgIpc) is 2.01. The Bertz CT molecular complexity index is 175. The zero-order valence-corrected chi connectivity index (χ0v) is 9.50. The molecular weight excluding hydrogens is 182 g/mol. The first-order valence-corrected chi connectivity index (χ1v) is 4.84. The molecule has 0 aliphatic carbocycles. The van der Waals surface area contributed by atoms with Gasteiger partial charge < -0.3 is 15.2 Å². The summed E-state index contributed by atoms with van der Waals surface area (Å²) in [6.07, 6.45) is 1.37. The van der Waals surface area contributed by atoms with E-state index in [0.717, 1.165) is 6.42 Å². The smallest absolute Gasteiger partial charge is 0.323 e. The largest absolute Gasteiger partial charge is 0.459 e. The van der Waals surface area contributed by atoms with Gasteiger partial charge in [-0.2, -0.15) is 0 Å². The number of carbonyl (C=O) groups is 1. The summed E-state index contributed by atoms with van der Waals surface area (Å²) in [5.41, 5.74) is 5.17. The van der Waals surface area contributed by atoms with E-state index >= 15 is 0 Å². The zero-order valence-electron chi connectivity index (χ0n) is 9.50. The lowest BCUT2D eigenvalue weighted by Gasteiger charge is -2.22. The van der Waals surface area contributed by atoms with Crippen molar-refractivity contribution >= 4 is 5.97 Å². The van der Waals surface area contributed by atoms with Gasteiger partial charge in [-0.3, -0.25) is 4.79 Å². The van der Waals surface area contributed by atoms with E-state index in [4.69, 9.17) is 15.2 Å². The summed E-state index contributed by atoms with van der Waals surface area (Å²) in [5.74, 6) is -0.339. The second-order valence-corrected chi connectivity index (χ2v) is 4.27. The summed E-state index contributed by atoms with van der Waals surface area (Å²) in [5, 5.41) is 0. The number of methoxy groups -OCH3 is 1. The van der Waals surface area contributed by atoms with Crippen molar-refractivity contribution in [2.75, 3.05) is 13.7 Å². The van der Waals surface area contributed by atoms with Gasteiger partial charge in [0.2, 0.25) is 0 Å². The van der Waals surface area contributed by atoms with Crippen LogP contribution >= 0.6 is 0 Å². The Morgan fingerprint density at radius 1 is 1.43 bits per heavy atom. The van der Waals surface area contributed by atoms with Crippen LogP contribution in [-0.2, 0) is 14.3 Å². The average molecular weight is 203 g/mol. The van der Waals surface area contributed by atoms with E-state index in [1.165, 1.54) is 0 Å². The minimum atomic E-state index is -0.538. The van der Waals surface area contributed by atoms with Crippen LogP contribution in [0.1, 0.15) is 33.6 Å². The second-order valence-electron chi connectivity index (χ2n) is 4.27. The topological polar surface area (TPSA) is 61.5 Å². The summed E-state index contributed by atoms with van der Waals surface area (Å²) >= 11 is 0. The van der Waals surface area contributed by atoms with Crippen LogP contribution in [-0.4, -0.2) is 31.3 Å². The van der Waals surface area contributed by atoms with Crippen LogP contribution in [0.5, 0.6) is 0 Å². The van der Waals surface area contributed by atoms with Crippen LogP contribution in [0.3, 0.4) is 0 Å². The van der Waals surface area contributed by atoms with Crippen molar-refractivity contribution in [1.82, 2.24) is 0 Å². The molecule has 0 aliphatic heterocycles. The molecule has 0 spiro atoms. The Morgan fingerprint density at radius 3 is 2.43 bits per heavy atom. The van der Waals surface area contributed by atoms with Crippen LogP contribution in [0.25, 0.3) is 0 Å². The second kappa shape index (κ2) is 5.98. The molecule has 0 fully saturated rings. The number of rotatable bonds is 5. The number of carbonyl (C=O) groups excluding carboxylic acids is 1. The maximum atomic E-state index is 11.4. The molecule has 0 bridgehead atoms. The molecule has 0 aliphatic rings. The van der Waals surface area contributed by atoms with Gasteiger partial charge >= 0.3 is 5.97 Å². The van der Waals surface area contributed by atoms with E-state index in [1.807, 2.05) is 20.8 Å². The molecule has 84 valence electrons. The Balaban J connectivity index is 3.77. The number of ether oxygens (including phenoxy) is 2. The highest BCUT2D eigenvalue weighted by Gasteiger charge is 2.21. The molecule has 0 radical (unpaired) electrons. The first-order valence-electron chi connectivity index (χ1n) is 4.84. The lowest BCUT2D eigenvalue weighted by atomic mass is 10.1. The van der Waals surface area contributed by atoms with Gasteiger partial charge in [0, 0.05) is 13.7 Å². The van der Waals surface area contributed by atoms with Gasteiger partial charge in [-0.05, 0) is 33.6 Å². The summed E-state index contributed by atoms with van der Waals surface area (Å²) in [6.45, 7) is 6.10. The predicted molar refractivity (Wildman–Crippen MR) is 54.9 cm³/mol. The van der Waals surface area contributed by atoms with Gasteiger partial charge in [0.1, 0.15) is 11.6 Å². The predicted octanol–water partition coefficient (Wildman–Crippen LogP) is 1.08. The molecule has 4 nitrogen and oxygen atoms in total. The van der Waals surface area contributed by atoms with E-state index < -0.39 is 11.6 Å². The minimum Gasteiger partial charge on any atom is -0.459 e. The molecule has 0 saturated heterocycles. The van der Waals surface area contributed by atoms with E-state index in [9.17, 15) is 4.79 Å². The minimum absolute atomic E-state index is 0.339. The third kappa shape index (κ3) is 6.86. The third-order valence-corrected chi connectivity index (χ3v) is 1.57. The van der Waals surface area contributed by atoms with Crippen LogP contribution < -0.4 is 5.73 Å². The third-order valence-electron chi connectivity index (χ3n) is 1.57. The summed E-state index contributed by atoms with van der Waals surface area (Å²) < 4.78 is 9.99. The standard InChI is InChI=1S/C10H21NO3/c1-10(2,3)14-9(12)8(11)6-5-7-13-4/h8H,5-7,11H2,1-4H3. The molecule has 0 amide bonds. The Labute approximate surface area is 85.8 Å². The molecule has 0 aromatic heterocycles. The van der Waals surface area contributed by atoms with Crippen molar-refractivity contribution in [3.8, 4) is 0 Å². The summed E-state index contributed by atoms with van der Waals surface area (Å²) in [6, 6.07) is -0.538. The van der Waals surface area contributed by atoms with Crippen LogP contribution in [0.2, 0.25) is 0 Å². The summed E-state index contributed by atoms with van der Waals surface area (Å²) in [7, 11) is 1.62. The molecular formula is C10H21NO3. The Morgan fingerprint density at radius 2 is 2.00 bits per heavy atom. The molecule has 14 heavy (non-hydrogen) atoms.